The van der Waals surface area contributed by atoms with Gasteiger partial charge in [-0.2, -0.15) is 39.5 Å². The zero-order chi connectivity index (χ0) is 36.3. The van der Waals surface area contributed by atoms with Crippen LogP contribution in [0.25, 0.3) is 66.2 Å². The standard InChI is InChI=1S/C41H17F3N8/c42-41(43,44)29-10-27(21-49)9-28(15-29)30-16-40(52-37-7-3-25(19-47)13-33(37)34-14-26(20-48)4-8-38(34)52)50-22-39(30)51-35-5-1-23(17-45)11-31(35)32-12-24(18-46)2-6-36(32)51/h1-16,22H. The van der Waals surface area contributed by atoms with Gasteiger partial charge in [-0.1, -0.05) is 0 Å². The molecule has 0 aliphatic carbocycles. The van der Waals surface area contributed by atoms with Crippen molar-refractivity contribution in [2.75, 3.05) is 0 Å². The van der Waals surface area contributed by atoms with Crippen molar-refractivity contribution in [1.82, 2.24) is 14.1 Å². The SMILES string of the molecule is N#Cc1cc(-c2cc(-n3c4ccc(C#N)cc4c4cc(C#N)ccc43)ncc2-n2c3ccc(C#N)cc3c3cc(C#N)ccc32)cc(C(F)(F)F)c1. The average molecular weight is 679 g/mol. The summed E-state index contributed by atoms with van der Waals surface area (Å²) >= 11 is 0. The summed E-state index contributed by atoms with van der Waals surface area (Å²) in [5.41, 5.74) is 3.63. The van der Waals surface area contributed by atoms with Gasteiger partial charge in [-0.15, -0.1) is 0 Å². The molecule has 0 fully saturated rings. The molecule has 0 saturated carbocycles. The van der Waals surface area contributed by atoms with Crippen LogP contribution in [0.1, 0.15) is 33.4 Å². The van der Waals surface area contributed by atoms with Crippen molar-refractivity contribution in [2.45, 2.75) is 6.18 Å². The molecule has 0 unspecified atom stereocenters. The van der Waals surface area contributed by atoms with Crippen molar-refractivity contribution in [1.29, 1.82) is 26.3 Å². The molecule has 0 amide bonds. The van der Waals surface area contributed by atoms with E-state index in [1.165, 1.54) is 12.3 Å². The maximum atomic E-state index is 14.3. The number of aromatic nitrogens is 3. The van der Waals surface area contributed by atoms with Gasteiger partial charge in [-0.05, 0) is 103 Å². The minimum Gasteiger partial charge on any atom is -0.307 e. The number of nitrogens with zero attached hydrogens (tertiary/aromatic N) is 8. The first-order valence-corrected chi connectivity index (χ1v) is 15.6. The van der Waals surface area contributed by atoms with Crippen LogP contribution in [-0.2, 0) is 6.18 Å². The molecule has 242 valence electrons. The Hall–Kier alpha value is -7.91. The van der Waals surface area contributed by atoms with E-state index in [1.54, 1.807) is 78.9 Å². The van der Waals surface area contributed by atoms with Gasteiger partial charge in [0.2, 0.25) is 0 Å². The number of alkyl halides is 3. The van der Waals surface area contributed by atoms with Gasteiger partial charge in [0, 0.05) is 27.1 Å². The van der Waals surface area contributed by atoms with E-state index in [9.17, 15) is 39.5 Å². The van der Waals surface area contributed by atoms with Gasteiger partial charge >= 0.3 is 6.18 Å². The van der Waals surface area contributed by atoms with Crippen LogP contribution in [-0.4, -0.2) is 14.1 Å². The van der Waals surface area contributed by atoms with Gasteiger partial charge in [0.15, 0.2) is 0 Å². The fourth-order valence-electron chi connectivity index (χ4n) is 6.81. The second kappa shape index (κ2) is 11.6. The van der Waals surface area contributed by atoms with Crippen LogP contribution in [0.4, 0.5) is 13.2 Å². The van der Waals surface area contributed by atoms with Crippen molar-refractivity contribution in [3.63, 3.8) is 0 Å². The van der Waals surface area contributed by atoms with Crippen LogP contribution in [0, 0.1) is 56.7 Å². The Morgan fingerprint density at radius 2 is 0.904 bits per heavy atom. The Balaban J connectivity index is 1.51. The molecular weight excluding hydrogens is 662 g/mol. The zero-order valence-electron chi connectivity index (χ0n) is 26.5. The molecule has 0 spiro atoms. The van der Waals surface area contributed by atoms with E-state index >= 15 is 0 Å². The molecule has 52 heavy (non-hydrogen) atoms. The molecule has 3 aromatic heterocycles. The Kier molecular flexibility index (Phi) is 7.00. The third-order valence-electron chi connectivity index (χ3n) is 9.09. The molecule has 0 bridgehead atoms. The van der Waals surface area contributed by atoms with Crippen LogP contribution in [0.15, 0.2) is 103 Å². The summed E-state index contributed by atoms with van der Waals surface area (Å²) in [6.07, 6.45) is -3.22. The number of fused-ring (bicyclic) bond motifs is 6. The molecule has 0 saturated heterocycles. The Labute approximate surface area is 292 Å². The number of benzene rings is 5. The minimum absolute atomic E-state index is 0.0987. The largest absolute Gasteiger partial charge is 0.416 e. The summed E-state index contributed by atoms with van der Waals surface area (Å²) in [7, 11) is 0. The number of hydrogen-bond acceptors (Lipinski definition) is 6. The Bertz CT molecular complexity index is 2930. The summed E-state index contributed by atoms with van der Waals surface area (Å²) in [5, 5.41) is 51.1. The number of nitriles is 5. The maximum absolute atomic E-state index is 14.3. The van der Waals surface area contributed by atoms with E-state index in [1.807, 2.05) is 15.2 Å². The third-order valence-corrected chi connectivity index (χ3v) is 9.09. The highest BCUT2D eigenvalue weighted by atomic mass is 19.4. The molecule has 0 aliphatic rings. The smallest absolute Gasteiger partial charge is 0.307 e. The summed E-state index contributed by atoms with van der Waals surface area (Å²) in [6, 6.07) is 35.5. The Morgan fingerprint density at radius 1 is 0.481 bits per heavy atom. The van der Waals surface area contributed by atoms with Gasteiger partial charge < -0.3 is 4.57 Å². The molecular formula is C41H17F3N8. The molecule has 0 atom stereocenters. The summed E-state index contributed by atoms with van der Waals surface area (Å²) in [5.74, 6) is 0.323. The highest BCUT2D eigenvalue weighted by molar-refractivity contribution is 6.11. The van der Waals surface area contributed by atoms with Gasteiger partial charge in [-0.3, -0.25) is 4.57 Å². The normalized spacial score (nSPS) is 11.3. The molecule has 8 rings (SSSR count). The van der Waals surface area contributed by atoms with Crippen molar-refractivity contribution in [2.24, 2.45) is 0 Å². The van der Waals surface area contributed by atoms with Gasteiger partial charge in [-0.25, -0.2) is 4.98 Å². The first-order valence-electron chi connectivity index (χ1n) is 15.6. The molecule has 0 N–H and O–H groups in total. The number of hydrogen-bond donors (Lipinski definition) is 0. The van der Waals surface area contributed by atoms with Crippen LogP contribution < -0.4 is 0 Å². The van der Waals surface area contributed by atoms with Gasteiger partial charge in [0.25, 0.3) is 0 Å². The van der Waals surface area contributed by atoms with E-state index < -0.39 is 11.7 Å². The van der Waals surface area contributed by atoms with E-state index in [0.29, 0.717) is 82.9 Å². The average Bonchev–Trinajstić information content (AvgIpc) is 3.67. The van der Waals surface area contributed by atoms with Crippen molar-refractivity contribution < 1.29 is 13.2 Å². The van der Waals surface area contributed by atoms with Gasteiger partial charge in [0.1, 0.15) is 5.82 Å². The monoisotopic (exact) mass is 678 g/mol. The third kappa shape index (κ3) is 4.85. The van der Waals surface area contributed by atoms with Crippen LogP contribution in [0.3, 0.4) is 0 Å². The van der Waals surface area contributed by atoms with Crippen molar-refractivity contribution in [3.8, 4) is 53.0 Å². The molecule has 5 aromatic carbocycles. The highest BCUT2D eigenvalue weighted by Gasteiger charge is 2.32. The second-order valence-corrected chi connectivity index (χ2v) is 12.0. The lowest BCUT2D eigenvalue weighted by Crippen LogP contribution is -2.07. The van der Waals surface area contributed by atoms with E-state index in [0.717, 1.165) is 12.1 Å². The van der Waals surface area contributed by atoms with Crippen molar-refractivity contribution in [3.05, 3.63) is 137 Å². The highest BCUT2D eigenvalue weighted by Crippen LogP contribution is 2.41. The van der Waals surface area contributed by atoms with Crippen molar-refractivity contribution >= 4 is 43.6 Å². The minimum atomic E-state index is -4.75. The van der Waals surface area contributed by atoms with Gasteiger partial charge in [0.05, 0.1) is 97.7 Å². The summed E-state index contributed by atoms with van der Waals surface area (Å²) in [4.78, 5) is 4.86. The van der Waals surface area contributed by atoms with Crippen LogP contribution in [0.5, 0.6) is 0 Å². The molecule has 8 nitrogen and oxygen atoms in total. The van der Waals surface area contributed by atoms with Crippen LogP contribution in [0.2, 0.25) is 0 Å². The Morgan fingerprint density at radius 3 is 1.31 bits per heavy atom. The number of pyridine rings is 1. The summed E-state index contributed by atoms with van der Waals surface area (Å²) < 4.78 is 46.5. The number of rotatable bonds is 3. The molecule has 8 aromatic rings. The molecule has 0 aliphatic heterocycles. The maximum Gasteiger partial charge on any atom is 0.416 e. The second-order valence-electron chi connectivity index (χ2n) is 12.0. The van der Waals surface area contributed by atoms with E-state index in [2.05, 4.69) is 24.3 Å². The fraction of sp³-hybridized carbons (Fsp3) is 0.0244. The zero-order valence-corrected chi connectivity index (χ0v) is 26.5. The predicted octanol–water partition coefficient (Wildman–Crippen LogP) is 9.32. The predicted molar refractivity (Wildman–Crippen MR) is 187 cm³/mol. The molecule has 0 radical (unpaired) electrons. The molecule has 3 heterocycles. The fourth-order valence-corrected chi connectivity index (χ4v) is 6.81. The van der Waals surface area contributed by atoms with E-state index in [4.69, 9.17) is 4.98 Å². The number of halogens is 3. The lowest BCUT2D eigenvalue weighted by atomic mass is 9.99. The summed E-state index contributed by atoms with van der Waals surface area (Å²) in [6.45, 7) is 0. The lowest BCUT2D eigenvalue weighted by Gasteiger charge is -2.18. The quantitative estimate of drug-likeness (QED) is 0.182. The topological polar surface area (TPSA) is 142 Å². The van der Waals surface area contributed by atoms with E-state index in [-0.39, 0.29) is 11.1 Å². The van der Waals surface area contributed by atoms with Crippen LogP contribution >= 0.6 is 0 Å². The first kappa shape index (κ1) is 31.4. The lowest BCUT2D eigenvalue weighted by molar-refractivity contribution is -0.137. The first-order chi connectivity index (χ1) is 25.1. The molecule has 11 heteroatoms.